The Balaban J connectivity index is 3.22. The highest BCUT2D eigenvalue weighted by atomic mass is 19.1. The van der Waals surface area contributed by atoms with E-state index in [4.69, 9.17) is 14.9 Å². The van der Waals surface area contributed by atoms with Crippen LogP contribution in [0.25, 0.3) is 0 Å². The maximum absolute atomic E-state index is 14.1. The lowest BCUT2D eigenvalue weighted by atomic mass is 9.94. The highest BCUT2D eigenvalue weighted by molar-refractivity contribution is 6.04. The van der Waals surface area contributed by atoms with Crippen molar-refractivity contribution in [2.24, 2.45) is 0 Å². The molecule has 1 unspecified atom stereocenters. The molecular weight excluding hydrogens is 237 g/mol. The van der Waals surface area contributed by atoms with Crippen LogP contribution >= 0.6 is 0 Å². The zero-order valence-corrected chi connectivity index (χ0v) is 10.6. The SMILES string of the molecule is CCOC(=O)C(C(C)=N)c1cccc(OC)c1F. The van der Waals surface area contributed by atoms with Gasteiger partial charge in [-0.1, -0.05) is 12.1 Å². The average molecular weight is 253 g/mol. The fraction of sp³-hybridized carbons (Fsp3) is 0.385. The molecule has 5 heteroatoms. The van der Waals surface area contributed by atoms with Crippen molar-refractivity contribution in [3.63, 3.8) is 0 Å². The lowest BCUT2D eigenvalue weighted by Gasteiger charge is -2.16. The number of rotatable bonds is 5. The summed E-state index contributed by atoms with van der Waals surface area (Å²) in [6.45, 7) is 3.30. The van der Waals surface area contributed by atoms with Crippen molar-refractivity contribution < 1.29 is 18.7 Å². The fourth-order valence-corrected chi connectivity index (χ4v) is 1.67. The third-order valence-corrected chi connectivity index (χ3v) is 2.48. The van der Waals surface area contributed by atoms with E-state index in [2.05, 4.69) is 0 Å². The Morgan fingerprint density at radius 2 is 2.17 bits per heavy atom. The molecule has 0 aliphatic heterocycles. The van der Waals surface area contributed by atoms with Gasteiger partial charge in [-0.2, -0.15) is 0 Å². The van der Waals surface area contributed by atoms with Gasteiger partial charge in [0.1, 0.15) is 5.92 Å². The second kappa shape index (κ2) is 6.14. The molecule has 0 fully saturated rings. The maximum Gasteiger partial charge on any atom is 0.319 e. The van der Waals surface area contributed by atoms with Crippen LogP contribution in [0.1, 0.15) is 25.3 Å². The predicted molar refractivity (Wildman–Crippen MR) is 65.7 cm³/mol. The van der Waals surface area contributed by atoms with Gasteiger partial charge < -0.3 is 14.9 Å². The van der Waals surface area contributed by atoms with E-state index in [1.54, 1.807) is 13.0 Å². The van der Waals surface area contributed by atoms with Gasteiger partial charge in [-0.3, -0.25) is 4.79 Å². The number of hydrogen-bond acceptors (Lipinski definition) is 4. The Morgan fingerprint density at radius 3 is 2.67 bits per heavy atom. The molecule has 0 bridgehead atoms. The largest absolute Gasteiger partial charge is 0.494 e. The molecule has 0 aliphatic rings. The van der Waals surface area contributed by atoms with Gasteiger partial charge in [0.15, 0.2) is 11.6 Å². The molecule has 1 N–H and O–H groups in total. The Labute approximate surface area is 105 Å². The third kappa shape index (κ3) is 2.85. The number of methoxy groups -OCH3 is 1. The lowest BCUT2D eigenvalue weighted by Crippen LogP contribution is -2.23. The van der Waals surface area contributed by atoms with Gasteiger partial charge in [0, 0.05) is 11.3 Å². The predicted octanol–water partition coefficient (Wildman–Crippen LogP) is 2.52. The first-order chi connectivity index (χ1) is 8.52. The Morgan fingerprint density at radius 1 is 1.50 bits per heavy atom. The molecule has 18 heavy (non-hydrogen) atoms. The van der Waals surface area contributed by atoms with E-state index in [0.717, 1.165) is 0 Å². The minimum Gasteiger partial charge on any atom is -0.494 e. The van der Waals surface area contributed by atoms with Crippen molar-refractivity contribution in [1.29, 1.82) is 5.41 Å². The maximum atomic E-state index is 14.1. The van der Waals surface area contributed by atoms with E-state index in [1.807, 2.05) is 0 Å². The van der Waals surface area contributed by atoms with E-state index in [9.17, 15) is 9.18 Å². The summed E-state index contributed by atoms with van der Waals surface area (Å²) >= 11 is 0. The number of ether oxygens (including phenoxy) is 2. The molecule has 0 spiro atoms. The highest BCUT2D eigenvalue weighted by Crippen LogP contribution is 2.28. The van der Waals surface area contributed by atoms with Gasteiger partial charge in [0.2, 0.25) is 0 Å². The second-order valence-electron chi connectivity index (χ2n) is 3.73. The van der Waals surface area contributed by atoms with Crippen LogP contribution in [0.2, 0.25) is 0 Å². The zero-order chi connectivity index (χ0) is 13.7. The number of hydrogen-bond donors (Lipinski definition) is 1. The first-order valence-corrected chi connectivity index (χ1v) is 5.57. The van der Waals surface area contributed by atoms with Crippen LogP contribution in [0.3, 0.4) is 0 Å². The molecular formula is C13H16FNO3. The number of benzene rings is 1. The Kier molecular flexibility index (Phi) is 4.83. The number of carbonyl (C=O) groups is 1. The summed E-state index contributed by atoms with van der Waals surface area (Å²) in [6, 6.07) is 4.49. The Bertz CT molecular complexity index is 460. The summed E-state index contributed by atoms with van der Waals surface area (Å²) in [6.07, 6.45) is 0. The average Bonchev–Trinajstić information content (AvgIpc) is 2.31. The molecule has 0 radical (unpaired) electrons. The van der Waals surface area contributed by atoms with Crippen molar-refractivity contribution in [2.45, 2.75) is 19.8 Å². The molecule has 0 amide bonds. The smallest absolute Gasteiger partial charge is 0.319 e. The fourth-order valence-electron chi connectivity index (χ4n) is 1.67. The second-order valence-corrected chi connectivity index (χ2v) is 3.73. The minimum absolute atomic E-state index is 0.0283. The summed E-state index contributed by atoms with van der Waals surface area (Å²) in [5.41, 5.74) is 0.126. The van der Waals surface area contributed by atoms with Crippen molar-refractivity contribution in [3.05, 3.63) is 29.6 Å². The molecule has 98 valence electrons. The molecule has 1 aromatic rings. The van der Waals surface area contributed by atoms with E-state index < -0.39 is 17.7 Å². The molecule has 4 nitrogen and oxygen atoms in total. The minimum atomic E-state index is -1.03. The van der Waals surface area contributed by atoms with E-state index >= 15 is 0 Å². The van der Waals surface area contributed by atoms with E-state index in [0.29, 0.717) is 0 Å². The van der Waals surface area contributed by atoms with Gasteiger partial charge >= 0.3 is 5.97 Å². The summed E-state index contributed by atoms with van der Waals surface area (Å²) in [7, 11) is 1.35. The van der Waals surface area contributed by atoms with Crippen molar-refractivity contribution >= 4 is 11.7 Å². The molecule has 0 saturated carbocycles. The normalized spacial score (nSPS) is 11.8. The highest BCUT2D eigenvalue weighted by Gasteiger charge is 2.28. The van der Waals surface area contributed by atoms with Gasteiger partial charge in [-0.05, 0) is 19.9 Å². The third-order valence-electron chi connectivity index (χ3n) is 2.48. The van der Waals surface area contributed by atoms with Crippen molar-refractivity contribution in [3.8, 4) is 5.75 Å². The van der Waals surface area contributed by atoms with Crippen LogP contribution in [-0.4, -0.2) is 25.4 Å². The molecule has 1 atom stereocenters. The summed E-state index contributed by atoms with van der Waals surface area (Å²) in [5.74, 6) is -2.25. The number of halogens is 1. The molecule has 0 aliphatic carbocycles. The van der Waals surface area contributed by atoms with Crippen LogP contribution in [0, 0.1) is 11.2 Å². The molecule has 0 heterocycles. The van der Waals surface area contributed by atoms with Crippen molar-refractivity contribution in [1.82, 2.24) is 0 Å². The van der Waals surface area contributed by atoms with E-state index in [-0.39, 0.29) is 23.6 Å². The van der Waals surface area contributed by atoms with Crippen LogP contribution in [0.4, 0.5) is 4.39 Å². The molecule has 0 aromatic heterocycles. The number of nitrogens with one attached hydrogen (secondary N) is 1. The van der Waals surface area contributed by atoms with Crippen LogP contribution < -0.4 is 4.74 Å². The van der Waals surface area contributed by atoms with Gasteiger partial charge in [-0.25, -0.2) is 4.39 Å². The van der Waals surface area contributed by atoms with E-state index in [1.165, 1.54) is 26.2 Å². The zero-order valence-electron chi connectivity index (χ0n) is 10.6. The lowest BCUT2D eigenvalue weighted by molar-refractivity contribution is -0.143. The van der Waals surface area contributed by atoms with Gasteiger partial charge in [-0.15, -0.1) is 0 Å². The van der Waals surface area contributed by atoms with Crippen molar-refractivity contribution in [2.75, 3.05) is 13.7 Å². The monoisotopic (exact) mass is 253 g/mol. The molecule has 1 aromatic carbocycles. The first-order valence-electron chi connectivity index (χ1n) is 5.57. The van der Waals surface area contributed by atoms with Gasteiger partial charge in [0.05, 0.1) is 13.7 Å². The quantitative estimate of drug-likeness (QED) is 0.648. The Hall–Kier alpha value is -1.91. The topological polar surface area (TPSA) is 59.4 Å². The standard InChI is InChI=1S/C13H16FNO3/c1-4-18-13(16)11(8(2)15)9-6-5-7-10(17-3)12(9)14/h5-7,11,15H,4H2,1-3H3. The molecule has 1 rings (SSSR count). The molecule has 0 saturated heterocycles. The number of esters is 1. The van der Waals surface area contributed by atoms with Gasteiger partial charge in [0.25, 0.3) is 0 Å². The summed E-state index contributed by atoms with van der Waals surface area (Å²) < 4.78 is 23.8. The summed E-state index contributed by atoms with van der Waals surface area (Å²) in [4.78, 5) is 11.8. The van der Waals surface area contributed by atoms with Crippen LogP contribution in [0.5, 0.6) is 5.75 Å². The first kappa shape index (κ1) is 14.2. The number of carbonyl (C=O) groups excluding carboxylic acids is 1. The van der Waals surface area contributed by atoms with Crippen LogP contribution in [-0.2, 0) is 9.53 Å². The summed E-state index contributed by atoms with van der Waals surface area (Å²) in [5, 5.41) is 7.61. The van der Waals surface area contributed by atoms with Crippen LogP contribution in [0.15, 0.2) is 18.2 Å².